The van der Waals surface area contributed by atoms with Gasteiger partial charge >= 0.3 is 0 Å². The normalized spacial score (nSPS) is 23.8. The van der Waals surface area contributed by atoms with E-state index in [1.807, 2.05) is 0 Å². The van der Waals surface area contributed by atoms with Gasteiger partial charge < -0.3 is 10.2 Å². The van der Waals surface area contributed by atoms with Crippen LogP contribution in [0, 0.1) is 5.92 Å². The minimum absolute atomic E-state index is 0.755. The van der Waals surface area contributed by atoms with Crippen molar-refractivity contribution in [3.63, 3.8) is 0 Å². The lowest BCUT2D eigenvalue weighted by atomic mass is 10.1. The summed E-state index contributed by atoms with van der Waals surface area (Å²) in [5.41, 5.74) is 0. The van der Waals surface area contributed by atoms with Crippen LogP contribution >= 0.6 is 0 Å². The minimum Gasteiger partial charge on any atom is -0.314 e. The van der Waals surface area contributed by atoms with Crippen LogP contribution in [0.2, 0.25) is 0 Å². The summed E-state index contributed by atoms with van der Waals surface area (Å²) in [6.45, 7) is 12.0. The van der Waals surface area contributed by atoms with Gasteiger partial charge in [0, 0.05) is 12.6 Å². The third-order valence-electron chi connectivity index (χ3n) is 3.73. The Morgan fingerprint density at radius 2 is 2.06 bits per heavy atom. The van der Waals surface area contributed by atoms with E-state index in [0.29, 0.717) is 0 Å². The van der Waals surface area contributed by atoms with Gasteiger partial charge in [-0.1, -0.05) is 27.2 Å². The van der Waals surface area contributed by atoms with E-state index in [2.05, 4.69) is 31.0 Å². The molecule has 1 aliphatic rings. The second kappa shape index (κ2) is 8.08. The molecule has 1 fully saturated rings. The van der Waals surface area contributed by atoms with E-state index in [-0.39, 0.29) is 0 Å². The molecule has 1 heterocycles. The molecule has 2 unspecified atom stereocenters. The fourth-order valence-corrected chi connectivity index (χ4v) is 2.73. The molecule has 16 heavy (non-hydrogen) atoms. The summed E-state index contributed by atoms with van der Waals surface area (Å²) < 4.78 is 0. The predicted octanol–water partition coefficient (Wildman–Crippen LogP) is 2.89. The zero-order chi connectivity index (χ0) is 11.8. The maximum Gasteiger partial charge on any atom is 0.00644 e. The summed E-state index contributed by atoms with van der Waals surface area (Å²) in [7, 11) is 0. The molecule has 1 saturated heterocycles. The maximum absolute atomic E-state index is 3.75. The first-order chi connectivity index (χ1) is 7.80. The molecule has 1 rings (SSSR count). The molecule has 0 aromatic carbocycles. The smallest absolute Gasteiger partial charge is 0.00644 e. The maximum atomic E-state index is 3.75. The Bertz CT molecular complexity index is 170. The molecular formula is C14H30N2. The van der Waals surface area contributed by atoms with Gasteiger partial charge in [-0.25, -0.2) is 0 Å². The molecule has 1 aliphatic heterocycles. The van der Waals surface area contributed by atoms with E-state index < -0.39 is 0 Å². The number of nitrogens with one attached hydrogen (secondary N) is 1. The summed E-state index contributed by atoms with van der Waals surface area (Å²) >= 11 is 0. The van der Waals surface area contributed by atoms with Gasteiger partial charge in [-0.05, 0) is 51.2 Å². The third kappa shape index (κ3) is 4.84. The Morgan fingerprint density at radius 3 is 2.69 bits per heavy atom. The van der Waals surface area contributed by atoms with Crippen LogP contribution < -0.4 is 5.32 Å². The lowest BCUT2D eigenvalue weighted by molar-refractivity contribution is 0.317. The Balaban J connectivity index is 2.13. The number of hydrogen-bond acceptors (Lipinski definition) is 2. The second-order valence-electron chi connectivity index (χ2n) is 5.26. The van der Waals surface area contributed by atoms with Crippen molar-refractivity contribution in [2.24, 2.45) is 5.92 Å². The van der Waals surface area contributed by atoms with E-state index in [9.17, 15) is 0 Å². The van der Waals surface area contributed by atoms with E-state index in [4.69, 9.17) is 0 Å². The number of likely N-dealkylation sites (tertiary alicyclic amines) is 1. The molecule has 0 spiro atoms. The van der Waals surface area contributed by atoms with Gasteiger partial charge in [0.05, 0.1) is 0 Å². The third-order valence-corrected chi connectivity index (χ3v) is 3.73. The molecule has 0 aromatic rings. The van der Waals surface area contributed by atoms with Crippen molar-refractivity contribution in [2.75, 3.05) is 26.2 Å². The lowest BCUT2D eigenvalue weighted by Crippen LogP contribution is -2.34. The van der Waals surface area contributed by atoms with Gasteiger partial charge in [-0.3, -0.25) is 0 Å². The highest BCUT2D eigenvalue weighted by atomic mass is 15.1. The second-order valence-corrected chi connectivity index (χ2v) is 5.26. The average molecular weight is 226 g/mol. The number of nitrogens with zero attached hydrogens (tertiary/aromatic N) is 1. The Hall–Kier alpha value is -0.0800. The largest absolute Gasteiger partial charge is 0.314 e. The van der Waals surface area contributed by atoms with Crippen LogP contribution in [0.4, 0.5) is 0 Å². The summed E-state index contributed by atoms with van der Waals surface area (Å²) in [5.74, 6) is 0.900. The molecule has 0 radical (unpaired) electrons. The van der Waals surface area contributed by atoms with Crippen molar-refractivity contribution in [3.05, 3.63) is 0 Å². The van der Waals surface area contributed by atoms with E-state index >= 15 is 0 Å². The lowest BCUT2D eigenvalue weighted by Gasteiger charge is -2.19. The van der Waals surface area contributed by atoms with Crippen LogP contribution in [-0.2, 0) is 0 Å². The van der Waals surface area contributed by atoms with Gasteiger partial charge in [0.15, 0.2) is 0 Å². The van der Waals surface area contributed by atoms with Gasteiger partial charge in [-0.15, -0.1) is 0 Å². The van der Waals surface area contributed by atoms with Crippen LogP contribution in [0.25, 0.3) is 0 Å². The van der Waals surface area contributed by atoms with Crippen LogP contribution in [0.15, 0.2) is 0 Å². The summed E-state index contributed by atoms with van der Waals surface area (Å²) in [6.07, 6.45) is 6.61. The zero-order valence-corrected chi connectivity index (χ0v) is 11.5. The van der Waals surface area contributed by atoms with Gasteiger partial charge in [0.1, 0.15) is 0 Å². The van der Waals surface area contributed by atoms with Crippen LogP contribution in [0.3, 0.4) is 0 Å². The van der Waals surface area contributed by atoms with E-state index in [0.717, 1.165) is 12.0 Å². The van der Waals surface area contributed by atoms with Crippen molar-refractivity contribution >= 4 is 0 Å². The van der Waals surface area contributed by atoms with E-state index in [1.54, 1.807) is 0 Å². The highest BCUT2D eigenvalue weighted by Crippen LogP contribution is 2.16. The standard InChI is InChI=1S/C14H30N2/c1-4-7-14(6-3)15-11-13-8-10-16(12-13)9-5-2/h13-15H,4-12H2,1-3H3. The van der Waals surface area contributed by atoms with Crippen molar-refractivity contribution in [3.8, 4) is 0 Å². The van der Waals surface area contributed by atoms with Crippen LogP contribution in [-0.4, -0.2) is 37.1 Å². The molecular weight excluding hydrogens is 196 g/mol. The molecule has 0 aromatic heterocycles. The Morgan fingerprint density at radius 1 is 1.25 bits per heavy atom. The SMILES string of the molecule is CCCC(CC)NCC1CCN(CCC)C1. The molecule has 1 N–H and O–H groups in total. The molecule has 2 nitrogen and oxygen atoms in total. The van der Waals surface area contributed by atoms with Gasteiger partial charge in [0.25, 0.3) is 0 Å². The summed E-state index contributed by atoms with van der Waals surface area (Å²) in [6, 6.07) is 0.755. The van der Waals surface area contributed by atoms with E-state index in [1.165, 1.54) is 58.3 Å². The van der Waals surface area contributed by atoms with Crippen LogP contribution in [0.5, 0.6) is 0 Å². The van der Waals surface area contributed by atoms with Gasteiger partial charge in [-0.2, -0.15) is 0 Å². The van der Waals surface area contributed by atoms with Gasteiger partial charge in [0.2, 0.25) is 0 Å². The highest BCUT2D eigenvalue weighted by Gasteiger charge is 2.21. The number of rotatable bonds is 8. The topological polar surface area (TPSA) is 15.3 Å². The van der Waals surface area contributed by atoms with Crippen molar-refractivity contribution < 1.29 is 0 Å². The summed E-state index contributed by atoms with van der Waals surface area (Å²) in [4.78, 5) is 2.62. The Labute approximate surface area is 102 Å². The first kappa shape index (κ1) is 14.0. The molecule has 0 saturated carbocycles. The first-order valence-electron chi connectivity index (χ1n) is 7.25. The molecule has 2 heteroatoms. The molecule has 0 bridgehead atoms. The monoisotopic (exact) mass is 226 g/mol. The first-order valence-corrected chi connectivity index (χ1v) is 7.25. The molecule has 2 atom stereocenters. The predicted molar refractivity (Wildman–Crippen MR) is 71.8 cm³/mol. The van der Waals surface area contributed by atoms with Crippen LogP contribution in [0.1, 0.15) is 52.9 Å². The fourth-order valence-electron chi connectivity index (χ4n) is 2.73. The summed E-state index contributed by atoms with van der Waals surface area (Å²) in [5, 5.41) is 3.75. The van der Waals surface area contributed by atoms with Crippen molar-refractivity contribution in [1.29, 1.82) is 0 Å². The highest BCUT2D eigenvalue weighted by molar-refractivity contribution is 4.78. The van der Waals surface area contributed by atoms with Crippen molar-refractivity contribution in [2.45, 2.75) is 58.9 Å². The minimum atomic E-state index is 0.755. The molecule has 0 amide bonds. The fraction of sp³-hybridized carbons (Fsp3) is 1.00. The zero-order valence-electron chi connectivity index (χ0n) is 11.5. The Kier molecular flexibility index (Phi) is 7.06. The molecule has 0 aliphatic carbocycles. The average Bonchev–Trinajstić information content (AvgIpc) is 2.72. The van der Waals surface area contributed by atoms with Crippen molar-refractivity contribution in [1.82, 2.24) is 10.2 Å². The molecule has 96 valence electrons. The number of hydrogen-bond donors (Lipinski definition) is 1. The quantitative estimate of drug-likeness (QED) is 0.684.